The van der Waals surface area contributed by atoms with Crippen LogP contribution in [0.2, 0.25) is 0 Å². The molecule has 0 aliphatic carbocycles. The van der Waals surface area contributed by atoms with E-state index in [1.807, 2.05) is 0 Å². The zero-order valence-electron chi connectivity index (χ0n) is 21.5. The smallest absolute Gasteiger partial charge is 0.0693 e. The van der Waals surface area contributed by atoms with Crippen molar-refractivity contribution in [2.75, 3.05) is 11.5 Å². The predicted octanol–water partition coefficient (Wildman–Crippen LogP) is 8.00. The van der Waals surface area contributed by atoms with Crippen LogP contribution in [0.4, 0.5) is 0 Å². The highest BCUT2D eigenvalue weighted by Gasteiger charge is 2.18. The molecule has 3 aromatic rings. The van der Waals surface area contributed by atoms with E-state index in [4.69, 9.17) is 9.97 Å². The molecule has 5 heterocycles. The molecule has 0 amide bonds. The van der Waals surface area contributed by atoms with Crippen molar-refractivity contribution in [2.45, 2.75) is 53.4 Å². The summed E-state index contributed by atoms with van der Waals surface area (Å²) in [5.74, 6) is 1.73. The summed E-state index contributed by atoms with van der Waals surface area (Å²) in [5, 5.41) is 0. The van der Waals surface area contributed by atoms with E-state index >= 15 is 0 Å². The molecule has 8 bridgehead atoms. The Labute approximate surface area is 224 Å². The van der Waals surface area contributed by atoms with Crippen LogP contribution in [-0.2, 0) is 6.42 Å². The first kappa shape index (κ1) is 25.0. The Hall–Kier alpha value is -2.70. The maximum absolute atomic E-state index is 5.14. The lowest BCUT2D eigenvalue weighted by atomic mass is 10.0. The second kappa shape index (κ2) is 10.3. The first-order valence-electron chi connectivity index (χ1n) is 12.7. The zero-order valence-corrected chi connectivity index (χ0v) is 23.3. The first-order valence-corrected chi connectivity index (χ1v) is 14.0. The van der Waals surface area contributed by atoms with E-state index in [1.165, 1.54) is 33.4 Å². The minimum Gasteiger partial charge on any atom is -0.355 e. The van der Waals surface area contributed by atoms with Gasteiger partial charge in [0, 0.05) is 22.1 Å². The minimum absolute atomic E-state index is 0.861. The second-order valence-corrected chi connectivity index (χ2v) is 10.7. The van der Waals surface area contributed by atoms with Gasteiger partial charge in [-0.15, -0.1) is 0 Å². The molecule has 2 N–H and O–H groups in total. The third kappa shape index (κ3) is 4.81. The van der Waals surface area contributed by atoms with Crippen LogP contribution in [0, 0.1) is 13.8 Å². The van der Waals surface area contributed by atoms with Crippen LogP contribution >= 0.6 is 25.3 Å². The number of H-pyrrole nitrogens is 2. The number of aromatic amines is 2. The van der Waals surface area contributed by atoms with Gasteiger partial charge in [0.1, 0.15) is 0 Å². The zero-order chi connectivity index (χ0) is 25.4. The summed E-state index contributed by atoms with van der Waals surface area (Å²) in [5.41, 5.74) is 16.0. The van der Waals surface area contributed by atoms with E-state index < -0.39 is 0 Å². The summed E-state index contributed by atoms with van der Waals surface area (Å²) in [6.07, 6.45) is 6.16. The normalized spacial score (nSPS) is 13.4. The van der Waals surface area contributed by atoms with E-state index in [9.17, 15) is 0 Å². The van der Waals surface area contributed by atoms with Crippen molar-refractivity contribution in [2.24, 2.45) is 0 Å². The number of nitrogens with one attached hydrogen (secondary N) is 2. The fourth-order valence-corrected chi connectivity index (χ4v) is 5.47. The van der Waals surface area contributed by atoms with Crippen LogP contribution in [0.3, 0.4) is 0 Å². The molecule has 2 aliphatic rings. The van der Waals surface area contributed by atoms with E-state index in [0.717, 1.165) is 82.0 Å². The summed E-state index contributed by atoms with van der Waals surface area (Å²) >= 11 is 8.96. The Morgan fingerprint density at radius 3 is 2.25 bits per heavy atom. The van der Waals surface area contributed by atoms with Gasteiger partial charge in [0.15, 0.2) is 0 Å². The maximum Gasteiger partial charge on any atom is 0.0693 e. The second-order valence-electron chi connectivity index (χ2n) is 9.84. The molecule has 36 heavy (non-hydrogen) atoms. The lowest BCUT2D eigenvalue weighted by Crippen LogP contribution is -1.89. The Morgan fingerprint density at radius 1 is 0.722 bits per heavy atom. The highest BCUT2D eigenvalue weighted by molar-refractivity contribution is 7.80. The maximum atomic E-state index is 5.14. The minimum atomic E-state index is 0.861. The fourth-order valence-electron chi connectivity index (χ4n) is 5.16. The van der Waals surface area contributed by atoms with Crippen molar-refractivity contribution >= 4 is 70.1 Å². The van der Waals surface area contributed by atoms with Gasteiger partial charge in [-0.25, -0.2) is 9.97 Å². The number of nitrogens with zero attached hydrogens (tertiary/aromatic N) is 2. The van der Waals surface area contributed by atoms with E-state index in [2.05, 4.69) is 99.3 Å². The molecular weight excluding hydrogens is 480 g/mol. The molecule has 0 aromatic carbocycles. The lowest BCUT2D eigenvalue weighted by molar-refractivity contribution is 0.938. The van der Waals surface area contributed by atoms with Crippen LogP contribution in [0.25, 0.3) is 44.9 Å². The topological polar surface area (TPSA) is 57.4 Å². The number of fused-ring (bicyclic) bond motifs is 8. The van der Waals surface area contributed by atoms with Crippen molar-refractivity contribution < 1.29 is 0 Å². The molecule has 0 atom stereocenters. The average Bonchev–Trinajstić information content (AvgIpc) is 3.53. The molecule has 0 spiro atoms. The monoisotopic (exact) mass is 514 g/mol. The van der Waals surface area contributed by atoms with Gasteiger partial charge >= 0.3 is 0 Å². The SMILES string of the molecule is CC1=Cc2cc3[nH]c(cc4nc(cc5[nH]c(cc1n2)c(C)c5CCCS)C(CCCS)=C4C)cc3C. The molecule has 0 fully saturated rings. The van der Waals surface area contributed by atoms with Crippen molar-refractivity contribution in [3.8, 4) is 0 Å². The largest absolute Gasteiger partial charge is 0.355 e. The Kier molecular flexibility index (Phi) is 7.18. The fraction of sp³-hybridized carbons (Fsp3) is 0.333. The van der Waals surface area contributed by atoms with Crippen molar-refractivity contribution in [3.05, 3.63) is 69.8 Å². The van der Waals surface area contributed by atoms with Crippen LogP contribution in [0.1, 0.15) is 72.6 Å². The number of aromatic nitrogens is 4. The van der Waals surface area contributed by atoms with E-state index in [-0.39, 0.29) is 0 Å². The highest BCUT2D eigenvalue weighted by Crippen LogP contribution is 2.34. The average molecular weight is 515 g/mol. The number of thiol groups is 2. The van der Waals surface area contributed by atoms with Crippen LogP contribution < -0.4 is 0 Å². The summed E-state index contributed by atoms with van der Waals surface area (Å²) in [6, 6.07) is 10.9. The third-order valence-electron chi connectivity index (χ3n) is 7.25. The van der Waals surface area contributed by atoms with Crippen LogP contribution in [0.15, 0.2) is 30.3 Å². The molecule has 6 heteroatoms. The Bertz CT molecular complexity index is 1550. The number of hydrogen-bond acceptors (Lipinski definition) is 4. The van der Waals surface area contributed by atoms with Gasteiger partial charge in [-0.05, 0) is 135 Å². The Balaban J connectivity index is 1.88. The quantitative estimate of drug-likeness (QED) is 0.252. The summed E-state index contributed by atoms with van der Waals surface area (Å²) in [7, 11) is 0. The van der Waals surface area contributed by atoms with Crippen LogP contribution in [-0.4, -0.2) is 31.4 Å². The third-order valence-corrected chi connectivity index (χ3v) is 7.88. The van der Waals surface area contributed by atoms with Gasteiger partial charge in [0.2, 0.25) is 0 Å². The molecule has 5 rings (SSSR count). The van der Waals surface area contributed by atoms with E-state index in [1.54, 1.807) is 0 Å². The Morgan fingerprint density at radius 2 is 1.47 bits per heavy atom. The molecule has 2 aliphatic heterocycles. The van der Waals surface area contributed by atoms with Crippen molar-refractivity contribution in [3.63, 3.8) is 0 Å². The van der Waals surface area contributed by atoms with Gasteiger partial charge in [0.05, 0.1) is 22.8 Å². The standard InChI is InChI=1S/C30H34N4S2/c1-17-11-22-14-27-19(3)23(7-5-9-35)29(33-27)16-30-24(8-6-10-36)20(4)28(34-30)15-26-18(2)12-21(32-26)13-25(17)31-22/h11-16,31,34-36H,5-10H2,1-4H3. The molecule has 4 nitrogen and oxygen atoms in total. The molecule has 3 aromatic heterocycles. The lowest BCUT2D eigenvalue weighted by Gasteiger charge is -2.03. The number of hydrogen-bond donors (Lipinski definition) is 4. The van der Waals surface area contributed by atoms with Crippen molar-refractivity contribution in [1.29, 1.82) is 0 Å². The van der Waals surface area contributed by atoms with Gasteiger partial charge in [-0.2, -0.15) is 25.3 Å². The summed E-state index contributed by atoms with van der Waals surface area (Å²) in [6.45, 7) is 8.67. The van der Waals surface area contributed by atoms with Gasteiger partial charge in [-0.1, -0.05) is 0 Å². The van der Waals surface area contributed by atoms with E-state index in [0.29, 0.717) is 0 Å². The van der Waals surface area contributed by atoms with Gasteiger partial charge in [0.25, 0.3) is 0 Å². The predicted molar refractivity (Wildman–Crippen MR) is 162 cm³/mol. The molecule has 0 radical (unpaired) electrons. The number of allylic oxidation sites excluding steroid dienone is 3. The molecule has 0 saturated heterocycles. The highest BCUT2D eigenvalue weighted by atomic mass is 32.1. The summed E-state index contributed by atoms with van der Waals surface area (Å²) in [4.78, 5) is 17.4. The van der Waals surface area contributed by atoms with Gasteiger partial charge in [-0.3, -0.25) is 0 Å². The summed E-state index contributed by atoms with van der Waals surface area (Å²) < 4.78 is 0. The van der Waals surface area contributed by atoms with Gasteiger partial charge < -0.3 is 9.97 Å². The molecule has 0 unspecified atom stereocenters. The first-order chi connectivity index (χ1) is 17.4. The molecular formula is C30H34N4S2. The molecule has 0 saturated carbocycles. The van der Waals surface area contributed by atoms with Crippen molar-refractivity contribution in [1.82, 2.24) is 19.9 Å². The number of aryl methyl sites for hydroxylation is 3. The van der Waals surface area contributed by atoms with Crippen LogP contribution in [0.5, 0.6) is 0 Å². The molecule has 186 valence electrons. The number of rotatable bonds is 6.